The van der Waals surface area contributed by atoms with Gasteiger partial charge in [0.15, 0.2) is 0 Å². The van der Waals surface area contributed by atoms with Crippen molar-refractivity contribution in [3.63, 3.8) is 0 Å². The molecule has 0 saturated carbocycles. The second-order valence-corrected chi connectivity index (χ2v) is 3.26. The number of rotatable bonds is 1. The maximum Gasteiger partial charge on any atom is 0.0715 e. The molecule has 2 rings (SSSR count). The maximum absolute atomic E-state index is 10.1. The van der Waals surface area contributed by atoms with E-state index in [0.29, 0.717) is 0 Å². The first-order chi connectivity index (χ1) is 6.80. The molecule has 0 radical (unpaired) electrons. The third kappa shape index (κ3) is 3.87. The van der Waals surface area contributed by atoms with Crippen molar-refractivity contribution in [3.8, 4) is 0 Å². The number of hydrogen-bond acceptors (Lipinski definition) is 3. The van der Waals surface area contributed by atoms with Crippen LogP contribution < -0.4 is 5.11 Å². The molecule has 0 unspecified atom stereocenters. The van der Waals surface area contributed by atoms with Crippen molar-refractivity contribution in [2.75, 3.05) is 0 Å². The fourth-order valence-electron chi connectivity index (χ4n) is 0.801. The zero-order valence-electron chi connectivity index (χ0n) is 7.42. The monoisotopic (exact) mass is 205 g/mol. The Labute approximate surface area is 86.5 Å². The smallest absolute Gasteiger partial charge is 0.0715 e. The molecular formula is C11H9O2S-. The molecule has 0 fully saturated rings. The Kier molecular flexibility index (Phi) is 4.44. The molecule has 0 spiro atoms. The molecule has 72 valence electrons. The molecule has 0 N–H and O–H groups in total. The SMILES string of the molecule is O=C([O-])c1ccccc1.c1ccsc1. The topological polar surface area (TPSA) is 40.1 Å². The van der Waals surface area contributed by atoms with E-state index < -0.39 is 5.97 Å². The van der Waals surface area contributed by atoms with Crippen LogP contribution in [0.15, 0.2) is 53.2 Å². The van der Waals surface area contributed by atoms with E-state index in [0.717, 1.165) is 0 Å². The summed E-state index contributed by atoms with van der Waals surface area (Å²) in [5.74, 6) is -1.13. The molecule has 1 aromatic heterocycles. The van der Waals surface area contributed by atoms with Gasteiger partial charge in [0, 0.05) is 0 Å². The molecule has 0 aliphatic carbocycles. The van der Waals surface area contributed by atoms with Crippen molar-refractivity contribution in [2.24, 2.45) is 0 Å². The highest BCUT2D eigenvalue weighted by atomic mass is 32.1. The quantitative estimate of drug-likeness (QED) is 0.712. The van der Waals surface area contributed by atoms with E-state index in [2.05, 4.69) is 0 Å². The van der Waals surface area contributed by atoms with Crippen LogP contribution in [0.25, 0.3) is 0 Å². The summed E-state index contributed by atoms with van der Waals surface area (Å²) < 4.78 is 0. The average Bonchev–Trinajstić information content (AvgIpc) is 2.77. The van der Waals surface area contributed by atoms with Crippen LogP contribution in [-0.4, -0.2) is 5.97 Å². The van der Waals surface area contributed by atoms with E-state index in [9.17, 15) is 9.90 Å². The van der Waals surface area contributed by atoms with Crippen LogP contribution in [0.3, 0.4) is 0 Å². The number of carbonyl (C=O) groups excluding carboxylic acids is 1. The molecule has 0 amide bonds. The summed E-state index contributed by atoms with van der Waals surface area (Å²) in [5, 5.41) is 14.2. The van der Waals surface area contributed by atoms with Crippen molar-refractivity contribution in [1.82, 2.24) is 0 Å². The molecule has 1 aromatic carbocycles. The van der Waals surface area contributed by atoms with Crippen LogP contribution in [0.2, 0.25) is 0 Å². The summed E-state index contributed by atoms with van der Waals surface area (Å²) in [7, 11) is 0. The van der Waals surface area contributed by atoms with Crippen LogP contribution >= 0.6 is 11.3 Å². The van der Waals surface area contributed by atoms with Gasteiger partial charge in [0.1, 0.15) is 0 Å². The van der Waals surface area contributed by atoms with Gasteiger partial charge < -0.3 is 9.90 Å². The third-order valence-electron chi connectivity index (χ3n) is 1.43. The number of hydrogen-bond donors (Lipinski definition) is 0. The zero-order valence-corrected chi connectivity index (χ0v) is 8.24. The lowest BCUT2D eigenvalue weighted by atomic mass is 10.2. The molecule has 0 saturated heterocycles. The molecule has 1 heterocycles. The molecule has 0 aliphatic heterocycles. The summed E-state index contributed by atoms with van der Waals surface area (Å²) in [6.45, 7) is 0. The average molecular weight is 205 g/mol. The van der Waals surface area contributed by atoms with Crippen molar-refractivity contribution >= 4 is 17.3 Å². The summed E-state index contributed by atoms with van der Waals surface area (Å²) in [4.78, 5) is 10.1. The van der Waals surface area contributed by atoms with Crippen molar-refractivity contribution in [2.45, 2.75) is 0 Å². The van der Waals surface area contributed by atoms with Gasteiger partial charge in [-0.25, -0.2) is 0 Å². The Morgan fingerprint density at radius 2 is 1.57 bits per heavy atom. The second kappa shape index (κ2) is 5.94. The molecule has 14 heavy (non-hydrogen) atoms. The van der Waals surface area contributed by atoms with Crippen LogP contribution in [0.1, 0.15) is 10.4 Å². The minimum absolute atomic E-state index is 0.220. The zero-order chi connectivity index (χ0) is 10.2. The second-order valence-electron chi connectivity index (χ2n) is 2.45. The van der Waals surface area contributed by atoms with Crippen LogP contribution in [0.4, 0.5) is 0 Å². The number of carbonyl (C=O) groups is 1. The molecule has 0 aliphatic rings. The largest absolute Gasteiger partial charge is 0.545 e. The Balaban J connectivity index is 0.000000165. The van der Waals surface area contributed by atoms with E-state index >= 15 is 0 Å². The highest BCUT2D eigenvalue weighted by molar-refractivity contribution is 7.07. The molecule has 0 atom stereocenters. The van der Waals surface area contributed by atoms with Crippen molar-refractivity contribution in [1.29, 1.82) is 0 Å². The van der Waals surface area contributed by atoms with Crippen LogP contribution in [0.5, 0.6) is 0 Å². The lowest BCUT2D eigenvalue weighted by Crippen LogP contribution is -2.21. The van der Waals surface area contributed by atoms with Gasteiger partial charge in [-0.3, -0.25) is 0 Å². The standard InChI is InChI=1S/C7H6O2.C4H4S/c8-7(9)6-4-2-1-3-5-6;1-2-4-5-3-1/h1-5H,(H,8,9);1-4H/p-1. The van der Waals surface area contributed by atoms with E-state index in [4.69, 9.17) is 0 Å². The number of carboxylic acid groups (broad SMARTS) is 1. The minimum atomic E-state index is -1.13. The van der Waals surface area contributed by atoms with E-state index in [-0.39, 0.29) is 5.56 Å². The number of benzene rings is 1. The summed E-state index contributed by atoms with van der Waals surface area (Å²) >= 11 is 1.71. The lowest BCUT2D eigenvalue weighted by Gasteiger charge is -1.97. The lowest BCUT2D eigenvalue weighted by molar-refractivity contribution is -0.255. The fraction of sp³-hybridized carbons (Fsp3) is 0. The van der Waals surface area contributed by atoms with Crippen molar-refractivity contribution < 1.29 is 9.90 Å². The third-order valence-corrected chi connectivity index (χ3v) is 2.06. The highest BCUT2D eigenvalue weighted by Gasteiger charge is 1.85. The summed E-state index contributed by atoms with van der Waals surface area (Å²) in [6, 6.07) is 12.1. The van der Waals surface area contributed by atoms with E-state index in [1.807, 2.05) is 22.9 Å². The van der Waals surface area contributed by atoms with Crippen LogP contribution in [0, 0.1) is 0 Å². The fourth-order valence-corrected chi connectivity index (χ4v) is 1.25. The molecule has 0 bridgehead atoms. The molecule has 3 heteroatoms. The van der Waals surface area contributed by atoms with Gasteiger partial charge in [-0.1, -0.05) is 42.5 Å². The summed E-state index contributed by atoms with van der Waals surface area (Å²) in [6.07, 6.45) is 0. The Bertz CT molecular complexity index is 337. The van der Waals surface area contributed by atoms with Gasteiger partial charge in [-0.05, 0) is 16.3 Å². The number of aromatic carboxylic acids is 1. The summed E-state index contributed by atoms with van der Waals surface area (Å²) in [5.41, 5.74) is 0.220. The van der Waals surface area contributed by atoms with Gasteiger partial charge in [-0.15, -0.1) is 0 Å². The normalized spacial score (nSPS) is 8.57. The first-order valence-electron chi connectivity index (χ1n) is 4.04. The predicted octanol–water partition coefficient (Wildman–Crippen LogP) is 1.80. The van der Waals surface area contributed by atoms with Crippen LogP contribution in [-0.2, 0) is 0 Å². The Morgan fingerprint density at radius 3 is 1.86 bits per heavy atom. The van der Waals surface area contributed by atoms with Gasteiger partial charge in [0.25, 0.3) is 0 Å². The van der Waals surface area contributed by atoms with Gasteiger partial charge in [0.2, 0.25) is 0 Å². The minimum Gasteiger partial charge on any atom is -0.545 e. The van der Waals surface area contributed by atoms with Gasteiger partial charge >= 0.3 is 0 Å². The van der Waals surface area contributed by atoms with Gasteiger partial charge in [0.05, 0.1) is 5.97 Å². The van der Waals surface area contributed by atoms with Crippen molar-refractivity contribution in [3.05, 3.63) is 58.8 Å². The first kappa shape index (κ1) is 10.5. The first-order valence-corrected chi connectivity index (χ1v) is 4.98. The predicted molar refractivity (Wildman–Crippen MR) is 55.1 cm³/mol. The maximum atomic E-state index is 10.1. The highest BCUT2D eigenvalue weighted by Crippen LogP contribution is 1.94. The Hall–Kier alpha value is -1.61. The molecule has 2 nitrogen and oxygen atoms in total. The molecular weight excluding hydrogens is 196 g/mol. The van der Waals surface area contributed by atoms with E-state index in [1.54, 1.807) is 29.5 Å². The number of thiophene rings is 1. The van der Waals surface area contributed by atoms with Gasteiger partial charge in [-0.2, -0.15) is 11.3 Å². The Morgan fingerprint density at radius 1 is 1.00 bits per heavy atom. The number of carboxylic acids is 1. The molecule has 2 aromatic rings. The van der Waals surface area contributed by atoms with E-state index in [1.165, 1.54) is 12.1 Å².